The van der Waals surface area contributed by atoms with E-state index in [1.54, 1.807) is 36.4 Å². The first-order valence-electron chi connectivity index (χ1n) is 8.30. The molecule has 0 radical (unpaired) electrons. The largest absolute Gasteiger partial charge is 0.324 e. The first-order chi connectivity index (χ1) is 12.3. The Kier molecular flexibility index (Phi) is 5.27. The molecule has 0 aliphatic carbocycles. The maximum absolute atomic E-state index is 12.9. The minimum atomic E-state index is -3.71. The highest BCUT2D eigenvalue weighted by molar-refractivity contribution is 7.91. The van der Waals surface area contributed by atoms with Gasteiger partial charge in [-0.15, -0.1) is 11.3 Å². The van der Waals surface area contributed by atoms with Crippen LogP contribution in [0.25, 0.3) is 0 Å². The van der Waals surface area contributed by atoms with Crippen molar-refractivity contribution in [2.24, 2.45) is 0 Å². The zero-order valence-corrected chi connectivity index (χ0v) is 16.2. The predicted octanol–water partition coefficient (Wildman–Crippen LogP) is 3.05. The molecule has 1 atom stereocenters. The number of thiophene rings is 1. The second-order valence-corrected chi connectivity index (χ2v) is 9.64. The van der Waals surface area contributed by atoms with E-state index in [4.69, 9.17) is 0 Å². The van der Waals surface area contributed by atoms with E-state index in [-0.39, 0.29) is 9.99 Å². The van der Waals surface area contributed by atoms with Gasteiger partial charge in [-0.05, 0) is 51.0 Å². The molecule has 1 unspecified atom stereocenters. The third kappa shape index (κ3) is 3.58. The summed E-state index contributed by atoms with van der Waals surface area (Å²) in [5, 5.41) is 2.73. The number of carbonyl (C=O) groups is 2. The maximum atomic E-state index is 12.9. The van der Waals surface area contributed by atoms with Crippen molar-refractivity contribution in [1.82, 2.24) is 4.31 Å². The number of rotatable bonds is 5. The van der Waals surface area contributed by atoms with Gasteiger partial charge in [0.15, 0.2) is 5.78 Å². The van der Waals surface area contributed by atoms with Gasteiger partial charge in [0.1, 0.15) is 10.3 Å². The van der Waals surface area contributed by atoms with Crippen molar-refractivity contribution >= 4 is 38.7 Å². The van der Waals surface area contributed by atoms with Gasteiger partial charge in [0.2, 0.25) is 5.91 Å². The molecule has 0 bridgehead atoms. The van der Waals surface area contributed by atoms with E-state index >= 15 is 0 Å². The second-order valence-electron chi connectivity index (χ2n) is 6.23. The molecule has 1 aromatic heterocycles. The minimum Gasteiger partial charge on any atom is -0.324 e. The molecule has 2 aromatic rings. The lowest BCUT2D eigenvalue weighted by molar-refractivity contribution is -0.119. The quantitative estimate of drug-likeness (QED) is 0.793. The average molecular weight is 393 g/mol. The fraction of sp³-hybridized carbons (Fsp3) is 0.333. The van der Waals surface area contributed by atoms with Gasteiger partial charge in [-0.1, -0.05) is 12.1 Å². The molecule has 0 spiro atoms. The summed E-state index contributed by atoms with van der Waals surface area (Å²) in [6, 6.07) is 9.28. The van der Waals surface area contributed by atoms with Crippen LogP contribution >= 0.6 is 11.3 Å². The number of nitrogens with zero attached hydrogens (tertiary/aromatic N) is 1. The molecule has 0 saturated carbocycles. The van der Waals surface area contributed by atoms with Gasteiger partial charge in [-0.3, -0.25) is 9.59 Å². The fourth-order valence-corrected chi connectivity index (χ4v) is 6.14. The molecule has 8 heteroatoms. The monoisotopic (exact) mass is 392 g/mol. The Morgan fingerprint density at radius 1 is 1.19 bits per heavy atom. The van der Waals surface area contributed by atoms with Crippen LogP contribution < -0.4 is 5.32 Å². The van der Waals surface area contributed by atoms with Gasteiger partial charge in [0.05, 0.1) is 5.69 Å². The van der Waals surface area contributed by atoms with E-state index in [1.807, 2.05) is 6.92 Å². The number of para-hydroxylation sites is 1. The first-order valence-corrected chi connectivity index (χ1v) is 10.6. The summed E-state index contributed by atoms with van der Waals surface area (Å²) < 4.78 is 27.3. The smallest absolute Gasteiger partial charge is 0.253 e. The van der Waals surface area contributed by atoms with E-state index in [2.05, 4.69) is 5.32 Å². The Hall–Kier alpha value is -2.03. The lowest BCUT2D eigenvalue weighted by atomic mass is 10.1. The number of benzene rings is 1. The molecule has 1 amide bonds. The van der Waals surface area contributed by atoms with Crippen molar-refractivity contribution in [3.05, 3.63) is 46.8 Å². The molecule has 3 rings (SSSR count). The standard InChI is InChI=1S/C18H20N2O4S2/c1-12-9-10-17(25-12)26(23,24)20-11-5-8-16(20)18(22)19-15-7-4-3-6-14(15)13(2)21/h3-4,6-7,9-10,16H,5,8,11H2,1-2H3,(H,19,22). The molecular formula is C18H20N2O4S2. The number of nitrogens with one attached hydrogen (secondary N) is 1. The SMILES string of the molecule is CC(=O)c1ccccc1NC(=O)C1CCCN1S(=O)(=O)c1ccc(C)s1. The highest BCUT2D eigenvalue weighted by Gasteiger charge is 2.40. The van der Waals surface area contributed by atoms with E-state index < -0.39 is 22.0 Å². The van der Waals surface area contributed by atoms with Crippen molar-refractivity contribution < 1.29 is 18.0 Å². The number of ketones is 1. The van der Waals surface area contributed by atoms with Crippen molar-refractivity contribution in [2.45, 2.75) is 36.9 Å². The molecule has 1 fully saturated rings. The number of hydrogen-bond donors (Lipinski definition) is 1. The molecule has 1 aliphatic heterocycles. The van der Waals surface area contributed by atoms with Crippen molar-refractivity contribution in [1.29, 1.82) is 0 Å². The van der Waals surface area contributed by atoms with Crippen molar-refractivity contribution in [2.75, 3.05) is 11.9 Å². The van der Waals surface area contributed by atoms with Crippen molar-refractivity contribution in [3.63, 3.8) is 0 Å². The van der Waals surface area contributed by atoms with Crippen LogP contribution in [-0.4, -0.2) is 37.0 Å². The third-order valence-electron chi connectivity index (χ3n) is 4.35. The van der Waals surface area contributed by atoms with Crippen molar-refractivity contribution in [3.8, 4) is 0 Å². The van der Waals surface area contributed by atoms with Crippen LogP contribution in [0.3, 0.4) is 0 Å². The molecule has 1 aromatic carbocycles. The van der Waals surface area contributed by atoms with Gasteiger partial charge in [-0.2, -0.15) is 4.31 Å². The van der Waals surface area contributed by atoms with Crippen LogP contribution in [0.5, 0.6) is 0 Å². The summed E-state index contributed by atoms with van der Waals surface area (Å²) in [5.41, 5.74) is 0.809. The zero-order chi connectivity index (χ0) is 18.9. The molecule has 26 heavy (non-hydrogen) atoms. The van der Waals surface area contributed by atoms with Gasteiger partial charge in [-0.25, -0.2) is 8.42 Å². The number of Topliss-reactive ketones (excluding diaryl/α,β-unsaturated/α-hetero) is 1. The second kappa shape index (κ2) is 7.30. The van der Waals surface area contributed by atoms with Gasteiger partial charge < -0.3 is 5.32 Å². The lowest BCUT2D eigenvalue weighted by Crippen LogP contribution is -2.43. The topological polar surface area (TPSA) is 83.6 Å². The number of carbonyl (C=O) groups excluding carboxylic acids is 2. The number of hydrogen-bond acceptors (Lipinski definition) is 5. The van der Waals surface area contributed by atoms with Crippen LogP contribution in [0.2, 0.25) is 0 Å². The number of anilines is 1. The highest BCUT2D eigenvalue weighted by Crippen LogP contribution is 2.31. The lowest BCUT2D eigenvalue weighted by Gasteiger charge is -2.23. The van der Waals surface area contributed by atoms with Crippen LogP contribution in [0.15, 0.2) is 40.6 Å². The number of amides is 1. The number of sulfonamides is 1. The molecule has 138 valence electrons. The normalized spacial score (nSPS) is 18.0. The zero-order valence-electron chi connectivity index (χ0n) is 14.6. The minimum absolute atomic E-state index is 0.161. The summed E-state index contributed by atoms with van der Waals surface area (Å²) in [6.45, 7) is 3.58. The van der Waals surface area contributed by atoms with Crippen LogP contribution in [0, 0.1) is 6.92 Å². The molecular weight excluding hydrogens is 372 g/mol. The Morgan fingerprint density at radius 2 is 1.92 bits per heavy atom. The molecule has 1 saturated heterocycles. The molecule has 6 nitrogen and oxygen atoms in total. The van der Waals surface area contributed by atoms with Gasteiger partial charge >= 0.3 is 0 Å². The molecule has 1 N–H and O–H groups in total. The molecule has 2 heterocycles. The van der Waals surface area contributed by atoms with E-state index in [0.29, 0.717) is 30.6 Å². The average Bonchev–Trinajstić information content (AvgIpc) is 3.24. The van der Waals surface area contributed by atoms with Crippen LogP contribution in [0.4, 0.5) is 5.69 Å². The van der Waals surface area contributed by atoms with Crippen LogP contribution in [0.1, 0.15) is 35.0 Å². The first kappa shape index (κ1) is 18.8. The summed E-state index contributed by atoms with van der Waals surface area (Å²) in [5.74, 6) is -0.570. The fourth-order valence-electron chi connectivity index (χ4n) is 3.07. The Balaban J connectivity index is 1.85. The van der Waals surface area contributed by atoms with E-state index in [1.165, 1.54) is 22.6 Å². The van der Waals surface area contributed by atoms with E-state index in [9.17, 15) is 18.0 Å². The van der Waals surface area contributed by atoms with Gasteiger partial charge in [0.25, 0.3) is 10.0 Å². The highest BCUT2D eigenvalue weighted by atomic mass is 32.2. The summed E-state index contributed by atoms with van der Waals surface area (Å²) in [6.07, 6.45) is 1.08. The maximum Gasteiger partial charge on any atom is 0.253 e. The Bertz CT molecular complexity index is 950. The molecule has 1 aliphatic rings. The predicted molar refractivity (Wildman–Crippen MR) is 101 cm³/mol. The number of aryl methyl sites for hydroxylation is 1. The van der Waals surface area contributed by atoms with Gasteiger partial charge in [0, 0.05) is 17.0 Å². The summed E-state index contributed by atoms with van der Waals surface area (Å²) >= 11 is 1.20. The Labute approximate surface area is 156 Å². The Morgan fingerprint density at radius 3 is 2.58 bits per heavy atom. The van der Waals surface area contributed by atoms with E-state index in [0.717, 1.165) is 4.88 Å². The summed E-state index contributed by atoms with van der Waals surface area (Å²) in [4.78, 5) is 25.4. The third-order valence-corrected chi connectivity index (χ3v) is 7.73. The summed E-state index contributed by atoms with van der Waals surface area (Å²) in [7, 11) is -3.71. The van der Waals surface area contributed by atoms with Crippen LogP contribution in [-0.2, 0) is 14.8 Å².